The van der Waals surface area contributed by atoms with Gasteiger partial charge in [0.25, 0.3) is 5.91 Å². The first-order valence-electron chi connectivity index (χ1n) is 8.88. The molecule has 0 radical (unpaired) electrons. The van der Waals surface area contributed by atoms with Crippen molar-refractivity contribution in [2.45, 2.75) is 6.61 Å². The summed E-state index contributed by atoms with van der Waals surface area (Å²) in [5.74, 6) is 0.674. The quantitative estimate of drug-likeness (QED) is 0.566. The molecule has 0 saturated heterocycles. The second-order valence-corrected chi connectivity index (χ2v) is 6.16. The van der Waals surface area contributed by atoms with Gasteiger partial charge in [0.1, 0.15) is 6.61 Å². The molecule has 4 N–H and O–H groups in total. The van der Waals surface area contributed by atoms with Gasteiger partial charge in [-0.05, 0) is 42.0 Å². The van der Waals surface area contributed by atoms with Gasteiger partial charge >= 0.3 is 6.03 Å². The van der Waals surface area contributed by atoms with Gasteiger partial charge in [-0.1, -0.05) is 36.4 Å². The topological polar surface area (TPSA) is 103 Å². The molecule has 0 heterocycles. The first kappa shape index (κ1) is 19.8. The summed E-state index contributed by atoms with van der Waals surface area (Å²) in [4.78, 5) is 23.6. The van der Waals surface area contributed by atoms with Gasteiger partial charge < -0.3 is 25.8 Å². The summed E-state index contributed by atoms with van der Waals surface area (Å²) in [5, 5.41) is 5.24. The van der Waals surface area contributed by atoms with E-state index in [9.17, 15) is 9.59 Å². The monoisotopic (exact) mass is 391 g/mol. The molecule has 7 nitrogen and oxygen atoms in total. The molecule has 3 aromatic rings. The Morgan fingerprint density at radius 3 is 2.28 bits per heavy atom. The van der Waals surface area contributed by atoms with Gasteiger partial charge in [-0.2, -0.15) is 0 Å². The van der Waals surface area contributed by atoms with Crippen LogP contribution < -0.4 is 25.8 Å². The molecule has 0 aliphatic carbocycles. The van der Waals surface area contributed by atoms with E-state index in [1.807, 2.05) is 30.3 Å². The van der Waals surface area contributed by atoms with E-state index in [0.29, 0.717) is 35.0 Å². The number of carbonyl (C=O) groups is 2. The number of amides is 3. The summed E-state index contributed by atoms with van der Waals surface area (Å²) in [6.45, 7) is 0.391. The molecule has 3 amide bonds. The number of hydrogen-bond donors (Lipinski definition) is 3. The third kappa shape index (κ3) is 5.49. The minimum absolute atomic E-state index is 0.325. The molecular formula is C22H21N3O4. The zero-order chi connectivity index (χ0) is 20.6. The van der Waals surface area contributed by atoms with Crippen molar-refractivity contribution < 1.29 is 19.1 Å². The normalized spacial score (nSPS) is 10.1. The summed E-state index contributed by atoms with van der Waals surface area (Å²) in [7, 11) is 1.52. The molecule has 3 aromatic carbocycles. The summed E-state index contributed by atoms with van der Waals surface area (Å²) < 4.78 is 11.2. The Morgan fingerprint density at radius 1 is 0.862 bits per heavy atom. The number of nitrogens with one attached hydrogen (secondary N) is 2. The van der Waals surface area contributed by atoms with E-state index in [1.54, 1.807) is 42.5 Å². The molecule has 0 fully saturated rings. The Labute approximate surface area is 168 Å². The number of anilines is 2. The van der Waals surface area contributed by atoms with Crippen LogP contribution in [0.15, 0.2) is 72.8 Å². The largest absolute Gasteiger partial charge is 0.493 e. The number of ether oxygens (including phenoxy) is 2. The molecule has 0 bridgehead atoms. The van der Waals surface area contributed by atoms with Crippen molar-refractivity contribution in [2.24, 2.45) is 5.73 Å². The lowest BCUT2D eigenvalue weighted by molar-refractivity contribution is 0.102. The lowest BCUT2D eigenvalue weighted by atomic mass is 10.1. The number of benzene rings is 3. The van der Waals surface area contributed by atoms with Crippen molar-refractivity contribution in [1.82, 2.24) is 0 Å². The molecule has 0 unspecified atom stereocenters. The van der Waals surface area contributed by atoms with E-state index in [4.69, 9.17) is 15.2 Å². The van der Waals surface area contributed by atoms with Gasteiger partial charge in [0.15, 0.2) is 11.5 Å². The fourth-order valence-electron chi connectivity index (χ4n) is 2.68. The Morgan fingerprint density at radius 2 is 1.59 bits per heavy atom. The van der Waals surface area contributed by atoms with E-state index in [0.717, 1.165) is 5.56 Å². The lowest BCUT2D eigenvalue weighted by Crippen LogP contribution is -2.19. The molecule has 29 heavy (non-hydrogen) atoms. The molecule has 0 atom stereocenters. The van der Waals surface area contributed by atoms with E-state index in [1.165, 1.54) is 7.11 Å². The third-order valence-electron chi connectivity index (χ3n) is 4.05. The molecule has 148 valence electrons. The Bertz CT molecular complexity index is 1010. The van der Waals surface area contributed by atoms with Gasteiger partial charge in [0.2, 0.25) is 0 Å². The van der Waals surface area contributed by atoms with Crippen LogP contribution in [0.25, 0.3) is 0 Å². The predicted molar refractivity (Wildman–Crippen MR) is 111 cm³/mol. The second-order valence-electron chi connectivity index (χ2n) is 6.16. The van der Waals surface area contributed by atoms with Crippen LogP contribution in [0.2, 0.25) is 0 Å². The maximum Gasteiger partial charge on any atom is 0.316 e. The lowest BCUT2D eigenvalue weighted by Gasteiger charge is -2.13. The smallest absolute Gasteiger partial charge is 0.316 e. The fourth-order valence-corrected chi connectivity index (χ4v) is 2.68. The minimum Gasteiger partial charge on any atom is -0.493 e. The van der Waals surface area contributed by atoms with Crippen LogP contribution in [-0.2, 0) is 6.61 Å². The molecule has 0 aliphatic rings. The zero-order valence-corrected chi connectivity index (χ0v) is 15.8. The standard InChI is InChI=1S/C22H21N3O4/c1-28-20-12-16(10-11-19(20)29-14-15-6-3-2-4-7-15)21(26)24-17-8-5-9-18(13-17)25-22(23)27/h2-13H,14H2,1H3,(H,24,26)(H3,23,25,27). The number of carbonyl (C=O) groups excluding carboxylic acids is 2. The zero-order valence-electron chi connectivity index (χ0n) is 15.8. The molecule has 0 saturated carbocycles. The number of primary amides is 1. The van der Waals surface area contributed by atoms with E-state index < -0.39 is 6.03 Å². The van der Waals surface area contributed by atoms with Crippen LogP contribution >= 0.6 is 0 Å². The van der Waals surface area contributed by atoms with Crippen molar-refractivity contribution in [2.75, 3.05) is 17.7 Å². The van der Waals surface area contributed by atoms with Crippen LogP contribution in [0.5, 0.6) is 11.5 Å². The van der Waals surface area contributed by atoms with Gasteiger partial charge in [-0.3, -0.25) is 4.79 Å². The number of methoxy groups -OCH3 is 1. The number of hydrogen-bond acceptors (Lipinski definition) is 4. The average Bonchev–Trinajstić information content (AvgIpc) is 2.72. The van der Waals surface area contributed by atoms with Crippen LogP contribution in [0.4, 0.5) is 16.2 Å². The van der Waals surface area contributed by atoms with Crippen molar-refractivity contribution in [1.29, 1.82) is 0 Å². The first-order valence-corrected chi connectivity index (χ1v) is 8.88. The first-order chi connectivity index (χ1) is 14.0. The van der Waals surface area contributed by atoms with Crippen molar-refractivity contribution in [3.05, 3.63) is 83.9 Å². The predicted octanol–water partition coefficient (Wildman–Crippen LogP) is 4.02. The van der Waals surface area contributed by atoms with Crippen LogP contribution in [-0.4, -0.2) is 19.0 Å². The molecule has 7 heteroatoms. The van der Waals surface area contributed by atoms with E-state index in [2.05, 4.69) is 10.6 Å². The summed E-state index contributed by atoms with van der Waals surface area (Å²) in [6, 6.07) is 20.7. The fraction of sp³-hybridized carbons (Fsp3) is 0.0909. The van der Waals surface area contributed by atoms with E-state index in [-0.39, 0.29) is 5.91 Å². The minimum atomic E-state index is -0.677. The van der Waals surface area contributed by atoms with Gasteiger partial charge in [-0.15, -0.1) is 0 Å². The maximum atomic E-state index is 12.6. The molecule has 0 aliphatic heterocycles. The highest BCUT2D eigenvalue weighted by Crippen LogP contribution is 2.29. The summed E-state index contributed by atoms with van der Waals surface area (Å²) in [5.41, 5.74) is 7.55. The van der Waals surface area contributed by atoms with Crippen LogP contribution in [0.3, 0.4) is 0 Å². The van der Waals surface area contributed by atoms with Crippen LogP contribution in [0, 0.1) is 0 Å². The van der Waals surface area contributed by atoms with Gasteiger partial charge in [-0.25, -0.2) is 4.79 Å². The van der Waals surface area contributed by atoms with E-state index >= 15 is 0 Å². The Kier molecular flexibility index (Phi) is 6.32. The Hall–Kier alpha value is -4.00. The number of urea groups is 1. The van der Waals surface area contributed by atoms with Gasteiger partial charge in [0, 0.05) is 16.9 Å². The van der Waals surface area contributed by atoms with Crippen molar-refractivity contribution in [3.8, 4) is 11.5 Å². The molecule has 0 aromatic heterocycles. The second kappa shape index (κ2) is 9.27. The summed E-state index contributed by atoms with van der Waals surface area (Å²) >= 11 is 0. The highest BCUT2D eigenvalue weighted by atomic mass is 16.5. The Balaban J connectivity index is 1.70. The van der Waals surface area contributed by atoms with Crippen LogP contribution in [0.1, 0.15) is 15.9 Å². The van der Waals surface area contributed by atoms with Crippen molar-refractivity contribution >= 4 is 23.3 Å². The van der Waals surface area contributed by atoms with Crippen molar-refractivity contribution in [3.63, 3.8) is 0 Å². The molecule has 0 spiro atoms. The maximum absolute atomic E-state index is 12.6. The number of rotatable bonds is 7. The molecule has 3 rings (SSSR count). The number of nitrogens with two attached hydrogens (primary N) is 1. The highest BCUT2D eigenvalue weighted by molar-refractivity contribution is 6.05. The molecular weight excluding hydrogens is 370 g/mol. The average molecular weight is 391 g/mol. The SMILES string of the molecule is COc1cc(C(=O)Nc2cccc(NC(N)=O)c2)ccc1OCc1ccccc1. The highest BCUT2D eigenvalue weighted by Gasteiger charge is 2.12. The summed E-state index contributed by atoms with van der Waals surface area (Å²) in [6.07, 6.45) is 0. The van der Waals surface area contributed by atoms with Gasteiger partial charge in [0.05, 0.1) is 7.11 Å². The third-order valence-corrected chi connectivity index (χ3v) is 4.05.